The molecular weight excluding hydrogens is 652 g/mol. The van der Waals surface area contributed by atoms with Crippen molar-refractivity contribution >= 4 is 11.9 Å². The van der Waals surface area contributed by atoms with Gasteiger partial charge in [0.25, 0.3) is 0 Å². The summed E-state index contributed by atoms with van der Waals surface area (Å²) in [6.45, 7) is 26.0. The maximum absolute atomic E-state index is 14.7. The Kier molecular flexibility index (Phi) is 10.8. The molecule has 0 amide bonds. The summed E-state index contributed by atoms with van der Waals surface area (Å²) >= 11 is 0. The lowest BCUT2D eigenvalue weighted by molar-refractivity contribution is -0.272. The third-order valence-electron chi connectivity index (χ3n) is 16.0. The fraction of sp³-hybridized carbons (Fsp3) is 0.733. The van der Waals surface area contributed by atoms with E-state index in [2.05, 4.69) is 61.1 Å². The number of hydrogen-bond donors (Lipinski definition) is 0. The molecule has 7 nitrogen and oxygen atoms in total. The Morgan fingerprint density at radius 3 is 2.33 bits per heavy atom. The molecule has 1 aliphatic heterocycles. The quantitative estimate of drug-likeness (QED) is 0.167. The minimum absolute atomic E-state index is 0.0360. The number of allylic oxidation sites excluding steroid dienone is 1. The molecule has 1 aromatic rings. The maximum Gasteiger partial charge on any atom is 0.310 e. The predicted molar refractivity (Wildman–Crippen MR) is 203 cm³/mol. The van der Waals surface area contributed by atoms with E-state index in [1.807, 2.05) is 44.4 Å². The maximum atomic E-state index is 14.7. The van der Waals surface area contributed by atoms with E-state index in [9.17, 15) is 9.59 Å². The number of carbonyl (C=O) groups excluding carboxylic acids is 2. The molecular formula is C45H66O7. The average Bonchev–Trinajstić information content (AvgIpc) is 3.11. The van der Waals surface area contributed by atoms with Crippen molar-refractivity contribution in [3.05, 3.63) is 59.7 Å². The van der Waals surface area contributed by atoms with Crippen LogP contribution in [-0.2, 0) is 39.9 Å². The molecule has 7 heteroatoms. The minimum Gasteiger partial charge on any atom is -0.461 e. The Bertz CT molecular complexity index is 1530. The zero-order valence-electron chi connectivity index (χ0n) is 33.7. The molecule has 2 bridgehead atoms. The lowest BCUT2D eigenvalue weighted by atomic mass is 9.34. The first-order valence-electron chi connectivity index (χ1n) is 20.0. The van der Waals surface area contributed by atoms with Crippen LogP contribution in [0.15, 0.2) is 54.1 Å². The molecule has 4 aliphatic carbocycles. The molecule has 6 rings (SSSR count). The minimum atomic E-state index is -0.326. The van der Waals surface area contributed by atoms with Gasteiger partial charge in [-0.25, -0.2) is 0 Å². The number of methoxy groups -OCH3 is 1. The lowest BCUT2D eigenvalue weighted by Gasteiger charge is -2.71. The van der Waals surface area contributed by atoms with Gasteiger partial charge in [-0.3, -0.25) is 9.59 Å². The highest BCUT2D eigenvalue weighted by Gasteiger charge is 2.72. The summed E-state index contributed by atoms with van der Waals surface area (Å²) in [6.07, 6.45) is 7.86. The van der Waals surface area contributed by atoms with Crippen molar-refractivity contribution in [2.75, 3.05) is 26.9 Å². The van der Waals surface area contributed by atoms with E-state index in [1.54, 1.807) is 5.57 Å². The molecule has 12 atom stereocenters. The number of ether oxygens (including phenoxy) is 5. The summed E-state index contributed by atoms with van der Waals surface area (Å²) in [5, 5.41) is 0. The Labute approximate surface area is 313 Å². The molecule has 288 valence electrons. The van der Waals surface area contributed by atoms with Crippen LogP contribution in [0.5, 0.6) is 0 Å². The molecule has 1 heterocycles. The van der Waals surface area contributed by atoms with Crippen LogP contribution in [0.2, 0.25) is 0 Å². The van der Waals surface area contributed by atoms with E-state index in [1.165, 1.54) is 6.92 Å². The Balaban J connectivity index is 1.35. The lowest BCUT2D eigenvalue weighted by Crippen LogP contribution is -2.70. The summed E-state index contributed by atoms with van der Waals surface area (Å²) in [4.78, 5) is 26.2. The van der Waals surface area contributed by atoms with E-state index in [0.717, 1.165) is 49.7 Å². The number of fused-ring (bicyclic) bond motifs is 3. The van der Waals surface area contributed by atoms with Gasteiger partial charge in [0.1, 0.15) is 13.2 Å². The van der Waals surface area contributed by atoms with E-state index in [4.69, 9.17) is 23.7 Å². The first-order valence-corrected chi connectivity index (χ1v) is 20.0. The van der Waals surface area contributed by atoms with Crippen molar-refractivity contribution in [1.29, 1.82) is 0 Å². The number of hydrogen-bond acceptors (Lipinski definition) is 7. The van der Waals surface area contributed by atoms with Crippen molar-refractivity contribution in [2.45, 2.75) is 126 Å². The van der Waals surface area contributed by atoms with Gasteiger partial charge in [0.2, 0.25) is 0 Å². The molecule has 0 N–H and O–H groups in total. The normalized spacial score (nSPS) is 40.7. The fourth-order valence-electron chi connectivity index (χ4n) is 12.4. The fourth-order valence-corrected chi connectivity index (χ4v) is 12.4. The molecule has 4 fully saturated rings. The molecule has 1 unspecified atom stereocenters. The van der Waals surface area contributed by atoms with Gasteiger partial charge in [0.05, 0.1) is 37.4 Å². The number of esters is 2. The van der Waals surface area contributed by atoms with Crippen LogP contribution in [-0.4, -0.2) is 57.2 Å². The number of rotatable bonds is 11. The van der Waals surface area contributed by atoms with Crippen LogP contribution in [0.25, 0.3) is 0 Å². The number of benzene rings is 1. The second-order valence-corrected chi connectivity index (χ2v) is 18.7. The molecule has 0 aromatic heterocycles. The van der Waals surface area contributed by atoms with Gasteiger partial charge < -0.3 is 23.7 Å². The van der Waals surface area contributed by atoms with E-state index < -0.39 is 0 Å². The van der Waals surface area contributed by atoms with Gasteiger partial charge in [0.15, 0.2) is 0 Å². The Hall–Kier alpha value is -2.48. The Morgan fingerprint density at radius 2 is 1.67 bits per heavy atom. The van der Waals surface area contributed by atoms with Crippen molar-refractivity contribution in [3.63, 3.8) is 0 Å². The number of carbonyl (C=O) groups is 2. The van der Waals surface area contributed by atoms with Crippen LogP contribution in [0.4, 0.5) is 0 Å². The van der Waals surface area contributed by atoms with E-state index in [0.29, 0.717) is 43.5 Å². The zero-order valence-corrected chi connectivity index (χ0v) is 33.7. The second-order valence-electron chi connectivity index (χ2n) is 18.7. The molecule has 1 saturated heterocycles. The summed E-state index contributed by atoms with van der Waals surface area (Å²) < 4.78 is 31.5. The van der Waals surface area contributed by atoms with Crippen molar-refractivity contribution in [2.24, 2.45) is 56.7 Å². The highest BCUT2D eigenvalue weighted by molar-refractivity contribution is 5.75. The van der Waals surface area contributed by atoms with Crippen molar-refractivity contribution in [3.8, 4) is 0 Å². The molecule has 1 aromatic carbocycles. The van der Waals surface area contributed by atoms with E-state index in [-0.39, 0.29) is 69.9 Å². The Morgan fingerprint density at radius 1 is 0.962 bits per heavy atom. The van der Waals surface area contributed by atoms with Crippen LogP contribution in [0, 0.1) is 56.7 Å². The van der Waals surface area contributed by atoms with Crippen LogP contribution < -0.4 is 0 Å². The van der Waals surface area contributed by atoms with Gasteiger partial charge in [-0.05, 0) is 96.5 Å². The van der Waals surface area contributed by atoms with Gasteiger partial charge in [-0.2, -0.15) is 0 Å². The molecule has 52 heavy (non-hydrogen) atoms. The first kappa shape index (κ1) is 39.2. The molecule has 3 saturated carbocycles. The summed E-state index contributed by atoms with van der Waals surface area (Å²) in [7, 11) is 1.81. The predicted octanol–water partition coefficient (Wildman–Crippen LogP) is 9.14. The standard InChI is InChI=1S/C45H66O7/c1-28(2)30(4)41(7)21-22-43(9)34-17-18-37-42(8)26-49-27-45(37,23-36(48-11)39(42)52-31(5)29(3)24-50-32(6)46)35(34)19-20-44(43,10)38(41)40(47)51-25-33-15-13-12-14-16-33/h12-16,19,28,30-31,34,36-39H,3,17-18,20-27H2,1-2,4-11H3/t30-,31?,34+,36-,37+,38-,39+,41-,42+,43-,44+,45+/m1/s1. The van der Waals surface area contributed by atoms with Gasteiger partial charge >= 0.3 is 11.9 Å². The van der Waals surface area contributed by atoms with Crippen LogP contribution in [0.1, 0.15) is 106 Å². The highest BCUT2D eigenvalue weighted by atomic mass is 16.6. The highest BCUT2D eigenvalue weighted by Crippen LogP contribution is 2.75. The third-order valence-corrected chi connectivity index (χ3v) is 16.0. The summed E-state index contributed by atoms with van der Waals surface area (Å²) in [5.41, 5.74) is 2.33. The first-order chi connectivity index (χ1) is 24.5. The molecule has 0 radical (unpaired) electrons. The summed E-state index contributed by atoms with van der Waals surface area (Å²) in [5.74, 6) is 0.941. The van der Waals surface area contributed by atoms with E-state index >= 15 is 0 Å². The zero-order chi connectivity index (χ0) is 37.9. The van der Waals surface area contributed by atoms with Crippen LogP contribution in [0.3, 0.4) is 0 Å². The molecule has 5 aliphatic rings. The van der Waals surface area contributed by atoms with Gasteiger partial charge in [0, 0.05) is 24.9 Å². The monoisotopic (exact) mass is 718 g/mol. The van der Waals surface area contributed by atoms with Gasteiger partial charge in [-0.15, -0.1) is 0 Å². The van der Waals surface area contributed by atoms with Crippen molar-refractivity contribution in [1.82, 2.24) is 0 Å². The average molecular weight is 719 g/mol. The third kappa shape index (κ3) is 6.13. The van der Waals surface area contributed by atoms with Crippen molar-refractivity contribution < 1.29 is 33.3 Å². The molecule has 0 spiro atoms. The topological polar surface area (TPSA) is 80.3 Å². The smallest absolute Gasteiger partial charge is 0.310 e. The second kappa shape index (κ2) is 14.3. The van der Waals surface area contributed by atoms with Gasteiger partial charge in [-0.1, -0.05) is 97.0 Å². The van der Waals surface area contributed by atoms with Crippen LogP contribution >= 0.6 is 0 Å². The summed E-state index contributed by atoms with van der Waals surface area (Å²) in [6, 6.07) is 10.1. The largest absolute Gasteiger partial charge is 0.461 e. The SMILES string of the molecule is C=C(COC(C)=O)C(C)O[C@H]1[C@H](OC)C[C@@]23COC[C@@]1(C)[C@@H]2CC[C@H]1C3=CC[C@@]2(C)[C@H](C(=O)OCc3ccccc3)[C@@](C)([C@H](C)C(C)C)CC[C@]12C.